The van der Waals surface area contributed by atoms with Crippen LogP contribution in [0.4, 0.5) is 0 Å². The number of hydrogen-bond donors (Lipinski definition) is 1. The van der Waals surface area contributed by atoms with Crippen LogP contribution in [0.2, 0.25) is 0 Å². The standard InChI is InChI=1S/C16H21N/c1-11(2)9-14(12(3)4)16-10-13-7-5-6-8-15(13)17-16/h5-12,17H,1-4H3/b14-9-. The molecule has 1 heteroatoms. The Labute approximate surface area is 104 Å². The third kappa shape index (κ3) is 2.60. The molecule has 2 aromatic rings. The molecule has 0 radical (unpaired) electrons. The van der Waals surface area contributed by atoms with E-state index in [1.165, 1.54) is 22.2 Å². The van der Waals surface area contributed by atoms with Gasteiger partial charge in [-0.1, -0.05) is 52.0 Å². The third-order valence-corrected chi connectivity index (χ3v) is 2.98. The summed E-state index contributed by atoms with van der Waals surface area (Å²) in [5.74, 6) is 1.13. The van der Waals surface area contributed by atoms with Crippen LogP contribution in [-0.2, 0) is 0 Å². The first-order valence-electron chi connectivity index (χ1n) is 6.37. The van der Waals surface area contributed by atoms with Crippen LogP contribution >= 0.6 is 0 Å². The molecular weight excluding hydrogens is 206 g/mol. The van der Waals surface area contributed by atoms with Crippen LogP contribution in [0.1, 0.15) is 33.4 Å². The smallest absolute Gasteiger partial charge is 0.0458 e. The SMILES string of the molecule is CC(C)/C=C(\c1cc2ccccc2[nH]1)C(C)C. The van der Waals surface area contributed by atoms with Crippen LogP contribution in [0.5, 0.6) is 0 Å². The lowest BCUT2D eigenvalue weighted by atomic mass is 9.96. The van der Waals surface area contributed by atoms with Crippen LogP contribution in [0.25, 0.3) is 16.5 Å². The Bertz CT molecular complexity index is 496. The molecular formula is C16H21N. The van der Waals surface area contributed by atoms with Crippen molar-refractivity contribution in [1.82, 2.24) is 4.98 Å². The molecule has 0 aliphatic rings. The molecule has 0 bridgehead atoms. The molecule has 0 spiro atoms. The average Bonchev–Trinajstić information content (AvgIpc) is 2.68. The molecule has 0 unspecified atom stereocenters. The van der Waals surface area contributed by atoms with Gasteiger partial charge in [0.1, 0.15) is 0 Å². The van der Waals surface area contributed by atoms with E-state index in [0.717, 1.165) is 0 Å². The minimum Gasteiger partial charge on any atom is -0.355 e. The predicted octanol–water partition coefficient (Wildman–Crippen LogP) is 4.86. The number of rotatable bonds is 3. The third-order valence-electron chi connectivity index (χ3n) is 2.98. The van der Waals surface area contributed by atoms with Crippen molar-refractivity contribution in [3.63, 3.8) is 0 Å². The van der Waals surface area contributed by atoms with E-state index in [9.17, 15) is 0 Å². The van der Waals surface area contributed by atoms with E-state index >= 15 is 0 Å². The van der Waals surface area contributed by atoms with E-state index < -0.39 is 0 Å². The fourth-order valence-electron chi connectivity index (χ4n) is 2.18. The summed E-state index contributed by atoms with van der Waals surface area (Å²) in [5.41, 5.74) is 3.89. The largest absolute Gasteiger partial charge is 0.355 e. The Hall–Kier alpha value is -1.50. The van der Waals surface area contributed by atoms with Crippen molar-refractivity contribution in [3.8, 4) is 0 Å². The summed E-state index contributed by atoms with van der Waals surface area (Å²) in [6.45, 7) is 8.95. The molecule has 0 saturated heterocycles. The van der Waals surface area contributed by atoms with Gasteiger partial charge in [-0.3, -0.25) is 0 Å². The van der Waals surface area contributed by atoms with Crippen molar-refractivity contribution in [1.29, 1.82) is 0 Å². The molecule has 0 aliphatic carbocycles. The van der Waals surface area contributed by atoms with Gasteiger partial charge < -0.3 is 4.98 Å². The van der Waals surface area contributed by atoms with E-state index in [1.54, 1.807) is 0 Å². The molecule has 90 valence electrons. The number of fused-ring (bicyclic) bond motifs is 1. The summed E-state index contributed by atoms with van der Waals surface area (Å²) in [6.07, 6.45) is 2.36. The lowest BCUT2D eigenvalue weighted by Gasteiger charge is -2.11. The van der Waals surface area contributed by atoms with Crippen molar-refractivity contribution in [2.75, 3.05) is 0 Å². The van der Waals surface area contributed by atoms with E-state index in [4.69, 9.17) is 0 Å². The monoisotopic (exact) mass is 227 g/mol. The van der Waals surface area contributed by atoms with E-state index in [2.05, 4.69) is 69.1 Å². The van der Waals surface area contributed by atoms with E-state index in [1.807, 2.05) is 0 Å². The molecule has 1 nitrogen and oxygen atoms in total. The van der Waals surface area contributed by atoms with Crippen molar-refractivity contribution in [2.45, 2.75) is 27.7 Å². The summed E-state index contributed by atoms with van der Waals surface area (Å²) < 4.78 is 0. The van der Waals surface area contributed by atoms with Crippen molar-refractivity contribution in [3.05, 3.63) is 42.1 Å². The Kier molecular flexibility index (Phi) is 3.37. The summed E-state index contributed by atoms with van der Waals surface area (Å²) in [5, 5.41) is 1.29. The van der Waals surface area contributed by atoms with Crippen molar-refractivity contribution < 1.29 is 0 Å². The topological polar surface area (TPSA) is 15.8 Å². The van der Waals surface area contributed by atoms with E-state index in [0.29, 0.717) is 11.8 Å². The van der Waals surface area contributed by atoms with Gasteiger partial charge in [0.2, 0.25) is 0 Å². The number of aromatic amines is 1. The minimum absolute atomic E-state index is 0.547. The maximum absolute atomic E-state index is 3.51. The Morgan fingerprint density at radius 2 is 1.82 bits per heavy atom. The summed E-state index contributed by atoms with van der Waals surface area (Å²) in [6, 6.07) is 10.7. The summed E-state index contributed by atoms with van der Waals surface area (Å²) in [7, 11) is 0. The number of hydrogen-bond acceptors (Lipinski definition) is 0. The van der Waals surface area contributed by atoms with Crippen molar-refractivity contribution >= 4 is 16.5 Å². The van der Waals surface area contributed by atoms with Crippen LogP contribution in [0.15, 0.2) is 36.4 Å². The number of aromatic nitrogens is 1. The van der Waals surface area contributed by atoms with Crippen LogP contribution in [0, 0.1) is 11.8 Å². The second-order valence-electron chi connectivity index (χ2n) is 5.29. The zero-order chi connectivity index (χ0) is 12.4. The number of H-pyrrole nitrogens is 1. The van der Waals surface area contributed by atoms with Crippen LogP contribution < -0.4 is 0 Å². The van der Waals surface area contributed by atoms with Gasteiger partial charge in [-0.05, 0) is 34.9 Å². The van der Waals surface area contributed by atoms with Gasteiger partial charge in [-0.25, -0.2) is 0 Å². The molecule has 0 aliphatic heterocycles. The maximum Gasteiger partial charge on any atom is 0.0458 e. The molecule has 1 heterocycles. The molecule has 0 saturated carbocycles. The molecule has 2 rings (SSSR count). The highest BCUT2D eigenvalue weighted by Crippen LogP contribution is 2.27. The first-order valence-corrected chi connectivity index (χ1v) is 6.37. The Balaban J connectivity index is 2.49. The highest BCUT2D eigenvalue weighted by Gasteiger charge is 2.10. The quantitative estimate of drug-likeness (QED) is 0.770. The van der Waals surface area contributed by atoms with Gasteiger partial charge >= 0.3 is 0 Å². The number of allylic oxidation sites excluding steroid dienone is 2. The highest BCUT2D eigenvalue weighted by molar-refractivity contribution is 5.84. The second-order valence-corrected chi connectivity index (χ2v) is 5.29. The summed E-state index contributed by atoms with van der Waals surface area (Å²) >= 11 is 0. The van der Waals surface area contributed by atoms with Crippen LogP contribution in [0.3, 0.4) is 0 Å². The number of nitrogens with one attached hydrogen (secondary N) is 1. The molecule has 1 aromatic carbocycles. The zero-order valence-corrected chi connectivity index (χ0v) is 11.1. The normalized spacial score (nSPS) is 12.9. The zero-order valence-electron chi connectivity index (χ0n) is 11.1. The van der Waals surface area contributed by atoms with Crippen LogP contribution in [-0.4, -0.2) is 4.98 Å². The van der Waals surface area contributed by atoms with E-state index in [-0.39, 0.29) is 0 Å². The molecule has 0 amide bonds. The lowest BCUT2D eigenvalue weighted by Crippen LogP contribution is -1.96. The second kappa shape index (κ2) is 4.79. The molecule has 17 heavy (non-hydrogen) atoms. The lowest BCUT2D eigenvalue weighted by molar-refractivity contribution is 0.795. The molecule has 0 atom stereocenters. The summed E-state index contributed by atoms with van der Waals surface area (Å²) in [4.78, 5) is 3.51. The van der Waals surface area contributed by atoms with Gasteiger partial charge in [0.25, 0.3) is 0 Å². The highest BCUT2D eigenvalue weighted by atomic mass is 14.7. The molecule has 1 aromatic heterocycles. The first kappa shape index (κ1) is 12.0. The molecule has 0 fully saturated rings. The van der Waals surface area contributed by atoms with Gasteiger partial charge in [0, 0.05) is 11.2 Å². The minimum atomic E-state index is 0.547. The average molecular weight is 227 g/mol. The number of benzene rings is 1. The molecule has 1 N–H and O–H groups in total. The van der Waals surface area contributed by atoms with Gasteiger partial charge in [0.15, 0.2) is 0 Å². The van der Waals surface area contributed by atoms with Gasteiger partial charge in [-0.15, -0.1) is 0 Å². The van der Waals surface area contributed by atoms with Gasteiger partial charge in [0.05, 0.1) is 0 Å². The maximum atomic E-state index is 3.51. The first-order chi connectivity index (χ1) is 8.08. The predicted molar refractivity (Wildman–Crippen MR) is 76.0 cm³/mol. The fourth-order valence-corrected chi connectivity index (χ4v) is 2.18. The van der Waals surface area contributed by atoms with Crippen molar-refractivity contribution in [2.24, 2.45) is 11.8 Å². The fraction of sp³-hybridized carbons (Fsp3) is 0.375. The number of para-hydroxylation sites is 1. The Morgan fingerprint density at radius 3 is 2.41 bits per heavy atom. The Morgan fingerprint density at radius 1 is 1.12 bits per heavy atom. The van der Waals surface area contributed by atoms with Gasteiger partial charge in [-0.2, -0.15) is 0 Å².